The molecule has 2 atom stereocenters. The van der Waals surface area contributed by atoms with Crippen LogP contribution in [0.2, 0.25) is 10.0 Å². The minimum Gasteiger partial charge on any atom is -0.348 e. The quantitative estimate of drug-likeness (QED) is 0.627. The van der Waals surface area contributed by atoms with Crippen molar-refractivity contribution in [2.75, 3.05) is 10.6 Å². The molecule has 0 spiro atoms. The lowest BCUT2D eigenvalue weighted by atomic mass is 10.0. The normalized spacial score (nSPS) is 15.4. The Morgan fingerprint density at radius 3 is 2.50 bits per heavy atom. The molecule has 2 aromatic rings. The summed E-state index contributed by atoms with van der Waals surface area (Å²) in [6.07, 6.45) is 4.64. The Bertz CT molecular complexity index is 1060. The summed E-state index contributed by atoms with van der Waals surface area (Å²) in [6, 6.07) is 9.63. The van der Waals surface area contributed by atoms with E-state index in [2.05, 4.69) is 17.4 Å². The number of nitrogens with zero attached hydrogens (tertiary/aromatic N) is 1. The van der Waals surface area contributed by atoms with Crippen molar-refractivity contribution in [3.8, 4) is 0 Å². The summed E-state index contributed by atoms with van der Waals surface area (Å²) in [5.41, 5.74) is 3.89. The fraction of sp³-hybridized carbons (Fsp3) is 0.409. The number of nitrogens with one attached hydrogen (secondary N) is 1. The van der Waals surface area contributed by atoms with Crippen LogP contribution in [0.25, 0.3) is 0 Å². The van der Waals surface area contributed by atoms with Crippen LogP contribution >= 0.6 is 23.2 Å². The highest BCUT2D eigenvalue weighted by Gasteiger charge is 2.33. The Morgan fingerprint density at radius 2 is 1.83 bits per heavy atom. The van der Waals surface area contributed by atoms with Crippen molar-refractivity contribution in [2.45, 2.75) is 51.6 Å². The van der Waals surface area contributed by atoms with E-state index in [1.54, 1.807) is 13.0 Å². The Morgan fingerprint density at radius 1 is 1.13 bits per heavy atom. The summed E-state index contributed by atoms with van der Waals surface area (Å²) in [7, 11) is -3.79. The van der Waals surface area contributed by atoms with Crippen molar-refractivity contribution in [2.24, 2.45) is 0 Å². The number of benzene rings is 2. The van der Waals surface area contributed by atoms with Crippen LogP contribution in [0.15, 0.2) is 36.4 Å². The van der Waals surface area contributed by atoms with Gasteiger partial charge < -0.3 is 5.32 Å². The number of halogens is 2. The van der Waals surface area contributed by atoms with Crippen molar-refractivity contribution in [1.29, 1.82) is 0 Å². The van der Waals surface area contributed by atoms with Crippen LogP contribution in [0.3, 0.4) is 0 Å². The first kappa shape index (κ1) is 22.9. The van der Waals surface area contributed by atoms with E-state index < -0.39 is 16.1 Å². The largest absolute Gasteiger partial charge is 0.348 e. The molecule has 0 bridgehead atoms. The number of carbonyl (C=O) groups excluding carboxylic acids is 1. The van der Waals surface area contributed by atoms with Crippen molar-refractivity contribution < 1.29 is 13.2 Å². The van der Waals surface area contributed by atoms with E-state index in [9.17, 15) is 13.2 Å². The molecule has 5 nitrogen and oxygen atoms in total. The van der Waals surface area contributed by atoms with Gasteiger partial charge in [-0.05, 0) is 67.5 Å². The lowest BCUT2D eigenvalue weighted by molar-refractivity contribution is -0.122. The minimum atomic E-state index is -3.79. The van der Waals surface area contributed by atoms with Crippen molar-refractivity contribution in [3.63, 3.8) is 0 Å². The number of fused-ring (bicyclic) bond motifs is 1. The molecule has 0 fully saturated rings. The van der Waals surface area contributed by atoms with Crippen LogP contribution in [-0.2, 0) is 27.7 Å². The molecule has 0 aliphatic heterocycles. The first-order valence-electron chi connectivity index (χ1n) is 9.98. The van der Waals surface area contributed by atoms with Gasteiger partial charge in [0, 0.05) is 5.02 Å². The highest BCUT2D eigenvalue weighted by atomic mass is 35.5. The Kier molecular flexibility index (Phi) is 7.00. The maximum Gasteiger partial charge on any atom is 0.244 e. The maximum atomic E-state index is 13.2. The Balaban J connectivity index is 1.88. The van der Waals surface area contributed by atoms with E-state index in [0.29, 0.717) is 5.02 Å². The second-order valence-corrected chi connectivity index (χ2v) is 10.4. The molecule has 8 heteroatoms. The molecule has 1 N–H and O–H groups in total. The first-order valence-corrected chi connectivity index (χ1v) is 12.6. The monoisotopic (exact) mass is 468 g/mol. The van der Waals surface area contributed by atoms with Gasteiger partial charge in [-0.1, -0.05) is 48.3 Å². The van der Waals surface area contributed by atoms with Gasteiger partial charge in [-0.25, -0.2) is 8.42 Å². The van der Waals surface area contributed by atoms with Gasteiger partial charge in [0.25, 0.3) is 0 Å². The van der Waals surface area contributed by atoms with E-state index in [-0.39, 0.29) is 29.1 Å². The predicted octanol–water partition coefficient (Wildman–Crippen LogP) is 4.90. The molecule has 30 heavy (non-hydrogen) atoms. The second-order valence-electron chi connectivity index (χ2n) is 7.69. The van der Waals surface area contributed by atoms with Gasteiger partial charge in [-0.2, -0.15) is 0 Å². The molecular weight excluding hydrogens is 443 g/mol. The average molecular weight is 469 g/mol. The number of anilines is 1. The van der Waals surface area contributed by atoms with Crippen LogP contribution in [-0.4, -0.2) is 26.6 Å². The lowest BCUT2D eigenvalue weighted by Gasteiger charge is -2.31. The van der Waals surface area contributed by atoms with E-state index in [1.807, 2.05) is 13.0 Å². The third kappa shape index (κ3) is 4.93. The van der Waals surface area contributed by atoms with Crippen LogP contribution in [0.1, 0.15) is 49.4 Å². The highest BCUT2D eigenvalue weighted by molar-refractivity contribution is 7.92. The topological polar surface area (TPSA) is 66.5 Å². The standard InChI is InChI=1S/C22H26Cl2N2O3S/c1-4-20(26(30(3,28)29)21-13-18(23)10-11-19(21)24)22(27)25-14(2)16-9-8-15-6-5-7-17(15)12-16/h8-14,20H,4-7H2,1-3H3,(H,25,27). The molecule has 0 heterocycles. The van der Waals surface area contributed by atoms with Gasteiger partial charge in [0.1, 0.15) is 6.04 Å². The van der Waals surface area contributed by atoms with Gasteiger partial charge in [0.05, 0.1) is 23.0 Å². The number of sulfonamides is 1. The van der Waals surface area contributed by atoms with Crippen LogP contribution in [0.5, 0.6) is 0 Å². The Labute approximate surface area is 188 Å². The fourth-order valence-electron chi connectivity index (χ4n) is 3.94. The number of rotatable bonds is 7. The zero-order valence-electron chi connectivity index (χ0n) is 17.3. The van der Waals surface area contributed by atoms with E-state index in [0.717, 1.165) is 35.4 Å². The molecule has 1 aliphatic rings. The van der Waals surface area contributed by atoms with Crippen LogP contribution in [0, 0.1) is 0 Å². The summed E-state index contributed by atoms with van der Waals surface area (Å²) < 4.78 is 26.3. The van der Waals surface area contributed by atoms with E-state index in [1.165, 1.54) is 23.3 Å². The van der Waals surface area contributed by atoms with Gasteiger partial charge >= 0.3 is 0 Å². The summed E-state index contributed by atoms with van der Waals surface area (Å²) in [5, 5.41) is 3.52. The second kappa shape index (κ2) is 9.16. The predicted molar refractivity (Wildman–Crippen MR) is 123 cm³/mol. The summed E-state index contributed by atoms with van der Waals surface area (Å²) >= 11 is 12.3. The van der Waals surface area contributed by atoms with Gasteiger partial charge in [-0.15, -0.1) is 0 Å². The summed E-state index contributed by atoms with van der Waals surface area (Å²) in [4.78, 5) is 13.2. The van der Waals surface area contributed by atoms with Crippen LogP contribution in [0.4, 0.5) is 5.69 Å². The molecule has 0 saturated heterocycles. The van der Waals surface area contributed by atoms with Crippen molar-refractivity contribution in [3.05, 3.63) is 63.1 Å². The Hall–Kier alpha value is -1.76. The SMILES string of the molecule is CCC(C(=O)NC(C)c1ccc2c(c1)CCC2)N(c1cc(Cl)ccc1Cl)S(C)(=O)=O. The molecule has 1 amide bonds. The number of hydrogen-bond donors (Lipinski definition) is 1. The number of carbonyl (C=O) groups is 1. The van der Waals surface area contributed by atoms with E-state index >= 15 is 0 Å². The van der Waals surface area contributed by atoms with E-state index in [4.69, 9.17) is 23.2 Å². The smallest absolute Gasteiger partial charge is 0.244 e. The first-order chi connectivity index (χ1) is 14.1. The molecule has 162 valence electrons. The van der Waals surface area contributed by atoms with Crippen molar-refractivity contribution >= 4 is 44.8 Å². The van der Waals surface area contributed by atoms with Gasteiger partial charge in [-0.3, -0.25) is 9.10 Å². The zero-order chi connectivity index (χ0) is 22.1. The number of hydrogen-bond acceptors (Lipinski definition) is 3. The average Bonchev–Trinajstić information content (AvgIpc) is 3.14. The number of amides is 1. The van der Waals surface area contributed by atoms with Crippen molar-refractivity contribution in [1.82, 2.24) is 5.32 Å². The highest BCUT2D eigenvalue weighted by Crippen LogP contribution is 2.33. The molecule has 0 aromatic heterocycles. The third-order valence-electron chi connectivity index (χ3n) is 5.46. The summed E-state index contributed by atoms with van der Waals surface area (Å²) in [5.74, 6) is -0.382. The van der Waals surface area contributed by atoms with Crippen LogP contribution < -0.4 is 9.62 Å². The molecule has 0 saturated carbocycles. The zero-order valence-corrected chi connectivity index (χ0v) is 19.6. The molecule has 0 radical (unpaired) electrons. The molecule has 1 aliphatic carbocycles. The molecule has 3 rings (SSSR count). The molecule has 2 aromatic carbocycles. The molecule has 2 unspecified atom stereocenters. The molecular formula is C22H26Cl2N2O3S. The fourth-order valence-corrected chi connectivity index (χ4v) is 5.58. The van der Waals surface area contributed by atoms with Gasteiger partial charge in [0.15, 0.2) is 0 Å². The van der Waals surface area contributed by atoms with Gasteiger partial charge in [0.2, 0.25) is 15.9 Å². The lowest BCUT2D eigenvalue weighted by Crippen LogP contribution is -2.49. The maximum absolute atomic E-state index is 13.2. The number of aryl methyl sites for hydroxylation is 2. The minimum absolute atomic E-state index is 0.193. The third-order valence-corrected chi connectivity index (χ3v) is 7.18. The summed E-state index contributed by atoms with van der Waals surface area (Å²) in [6.45, 7) is 3.67.